The Morgan fingerprint density at radius 2 is 2.00 bits per heavy atom. The van der Waals surface area contributed by atoms with Crippen LogP contribution in [0.4, 0.5) is 0 Å². The Morgan fingerprint density at radius 1 is 1.26 bits per heavy atom. The number of amides is 2. The molecule has 2 rings (SSSR count). The van der Waals surface area contributed by atoms with E-state index in [9.17, 15) is 9.59 Å². The van der Waals surface area contributed by atoms with Gasteiger partial charge in [-0.25, -0.2) is 0 Å². The van der Waals surface area contributed by atoms with Gasteiger partial charge in [-0.1, -0.05) is 24.3 Å². The number of carbonyl (C=O) groups is 2. The second kappa shape index (κ2) is 6.18. The van der Waals surface area contributed by atoms with Gasteiger partial charge in [0.25, 0.3) is 0 Å². The molecule has 1 aromatic rings. The summed E-state index contributed by atoms with van der Waals surface area (Å²) in [6, 6.07) is 6.94. The Morgan fingerprint density at radius 3 is 2.58 bits per heavy atom. The van der Waals surface area contributed by atoms with E-state index >= 15 is 0 Å². The highest BCUT2D eigenvalue weighted by molar-refractivity contribution is 5.92. The van der Waals surface area contributed by atoms with Crippen LogP contribution in [0.1, 0.15) is 35.2 Å². The molecule has 1 unspecified atom stereocenters. The van der Waals surface area contributed by atoms with Crippen LogP contribution in [0.5, 0.6) is 0 Å². The quantitative estimate of drug-likeness (QED) is 0.790. The van der Waals surface area contributed by atoms with Crippen LogP contribution >= 0.6 is 0 Å². The molecule has 0 aliphatic heterocycles. The monoisotopic (exact) mass is 258 g/mol. The predicted octanol–water partition coefficient (Wildman–Crippen LogP) is 1.76. The fourth-order valence-corrected chi connectivity index (χ4v) is 2.16. The molecule has 1 aliphatic rings. The SMILES string of the molecule is NC(=O)c1ccc(CNC(=O)CC2C=CCC2)cc1. The summed E-state index contributed by atoms with van der Waals surface area (Å²) in [5, 5.41) is 2.89. The molecule has 100 valence electrons. The molecule has 0 saturated heterocycles. The Bertz CT molecular complexity index is 491. The molecule has 2 amide bonds. The molecule has 4 heteroatoms. The smallest absolute Gasteiger partial charge is 0.248 e. The maximum absolute atomic E-state index is 11.7. The van der Waals surface area contributed by atoms with Gasteiger partial charge in [0.2, 0.25) is 11.8 Å². The van der Waals surface area contributed by atoms with Gasteiger partial charge < -0.3 is 11.1 Å². The first-order chi connectivity index (χ1) is 9.15. The van der Waals surface area contributed by atoms with Gasteiger partial charge in [0, 0.05) is 18.5 Å². The van der Waals surface area contributed by atoms with E-state index in [0.717, 1.165) is 18.4 Å². The van der Waals surface area contributed by atoms with Crippen molar-refractivity contribution in [3.63, 3.8) is 0 Å². The molecule has 0 aromatic heterocycles. The van der Waals surface area contributed by atoms with Crippen LogP contribution in [0.15, 0.2) is 36.4 Å². The number of rotatable bonds is 5. The molecule has 1 atom stereocenters. The molecule has 0 heterocycles. The lowest BCUT2D eigenvalue weighted by Crippen LogP contribution is -2.24. The number of hydrogen-bond donors (Lipinski definition) is 2. The molecule has 3 N–H and O–H groups in total. The zero-order valence-electron chi connectivity index (χ0n) is 10.8. The summed E-state index contributed by atoms with van der Waals surface area (Å²) in [6.45, 7) is 0.480. The third-order valence-corrected chi connectivity index (χ3v) is 3.29. The maximum Gasteiger partial charge on any atom is 0.248 e. The van der Waals surface area contributed by atoms with Crippen molar-refractivity contribution in [1.29, 1.82) is 0 Å². The summed E-state index contributed by atoms with van der Waals surface area (Å²) in [6.07, 6.45) is 6.94. The van der Waals surface area contributed by atoms with E-state index in [1.165, 1.54) is 0 Å². The second-order valence-electron chi connectivity index (χ2n) is 4.81. The molecule has 1 aromatic carbocycles. The molecular formula is C15H18N2O2. The van der Waals surface area contributed by atoms with E-state index in [2.05, 4.69) is 17.5 Å². The number of nitrogens with two attached hydrogens (primary N) is 1. The second-order valence-corrected chi connectivity index (χ2v) is 4.81. The van der Waals surface area contributed by atoms with Crippen LogP contribution in [0.3, 0.4) is 0 Å². The van der Waals surface area contributed by atoms with Gasteiger partial charge in [-0.05, 0) is 36.5 Å². The first kappa shape index (κ1) is 13.3. The molecule has 1 aliphatic carbocycles. The maximum atomic E-state index is 11.7. The largest absolute Gasteiger partial charge is 0.366 e. The van der Waals surface area contributed by atoms with Gasteiger partial charge in [-0.3, -0.25) is 9.59 Å². The van der Waals surface area contributed by atoms with Crippen molar-refractivity contribution in [2.45, 2.75) is 25.8 Å². The average Bonchev–Trinajstić information content (AvgIpc) is 2.89. The van der Waals surface area contributed by atoms with Crippen LogP contribution in [0.25, 0.3) is 0 Å². The Kier molecular flexibility index (Phi) is 4.34. The van der Waals surface area contributed by atoms with Gasteiger partial charge in [-0.2, -0.15) is 0 Å². The van der Waals surface area contributed by atoms with Gasteiger partial charge >= 0.3 is 0 Å². The lowest BCUT2D eigenvalue weighted by Gasteiger charge is -2.09. The normalized spacial score (nSPS) is 17.4. The highest BCUT2D eigenvalue weighted by Crippen LogP contribution is 2.20. The number of allylic oxidation sites excluding steroid dienone is 2. The van der Waals surface area contributed by atoms with Crippen LogP contribution in [0.2, 0.25) is 0 Å². The third kappa shape index (κ3) is 3.95. The fraction of sp³-hybridized carbons (Fsp3) is 0.333. The molecule has 0 fully saturated rings. The average molecular weight is 258 g/mol. The van der Waals surface area contributed by atoms with E-state index in [4.69, 9.17) is 5.73 Å². The van der Waals surface area contributed by atoms with Crippen molar-refractivity contribution in [3.8, 4) is 0 Å². The molecule has 0 bridgehead atoms. The van der Waals surface area contributed by atoms with Crippen molar-refractivity contribution < 1.29 is 9.59 Å². The topological polar surface area (TPSA) is 72.2 Å². The summed E-state index contributed by atoms with van der Waals surface area (Å²) in [4.78, 5) is 22.6. The van der Waals surface area contributed by atoms with Crippen LogP contribution in [0, 0.1) is 5.92 Å². The summed E-state index contributed by atoms with van der Waals surface area (Å²) >= 11 is 0. The molecule has 0 spiro atoms. The molecule has 4 nitrogen and oxygen atoms in total. The number of carbonyl (C=O) groups excluding carboxylic acids is 2. The minimum atomic E-state index is -0.441. The minimum Gasteiger partial charge on any atom is -0.366 e. The van der Waals surface area contributed by atoms with Crippen LogP contribution in [-0.2, 0) is 11.3 Å². The van der Waals surface area contributed by atoms with Gasteiger partial charge in [-0.15, -0.1) is 0 Å². The highest BCUT2D eigenvalue weighted by Gasteiger charge is 2.13. The first-order valence-electron chi connectivity index (χ1n) is 6.47. The van der Waals surface area contributed by atoms with Crippen molar-refractivity contribution in [1.82, 2.24) is 5.32 Å². The number of benzene rings is 1. The number of nitrogens with one attached hydrogen (secondary N) is 1. The van der Waals surface area contributed by atoms with Crippen LogP contribution < -0.4 is 11.1 Å². The van der Waals surface area contributed by atoms with Gasteiger partial charge in [0.15, 0.2) is 0 Å². The highest BCUT2D eigenvalue weighted by atomic mass is 16.1. The van der Waals surface area contributed by atoms with E-state index in [1.807, 2.05) is 0 Å². The standard InChI is InChI=1S/C15H18N2O2/c16-15(19)13-7-5-12(6-8-13)10-17-14(18)9-11-3-1-2-4-11/h1,3,5-8,11H,2,4,9-10H2,(H2,16,19)(H,17,18). The van der Waals surface area contributed by atoms with Gasteiger partial charge in [0.1, 0.15) is 0 Å². The number of primary amides is 1. The Balaban J connectivity index is 1.79. The molecular weight excluding hydrogens is 240 g/mol. The number of hydrogen-bond acceptors (Lipinski definition) is 2. The third-order valence-electron chi connectivity index (χ3n) is 3.29. The van der Waals surface area contributed by atoms with Gasteiger partial charge in [0.05, 0.1) is 0 Å². The van der Waals surface area contributed by atoms with E-state index in [-0.39, 0.29) is 5.91 Å². The van der Waals surface area contributed by atoms with Crippen molar-refractivity contribution >= 4 is 11.8 Å². The lowest BCUT2D eigenvalue weighted by atomic mass is 10.0. The predicted molar refractivity (Wildman–Crippen MR) is 73.3 cm³/mol. The Hall–Kier alpha value is -2.10. The van der Waals surface area contributed by atoms with Crippen molar-refractivity contribution in [3.05, 3.63) is 47.5 Å². The van der Waals surface area contributed by atoms with Crippen LogP contribution in [-0.4, -0.2) is 11.8 Å². The van der Waals surface area contributed by atoms with E-state index < -0.39 is 5.91 Å². The van der Waals surface area contributed by atoms with E-state index in [0.29, 0.717) is 24.4 Å². The summed E-state index contributed by atoms with van der Waals surface area (Å²) in [5.74, 6) is 0.0105. The summed E-state index contributed by atoms with van der Waals surface area (Å²) < 4.78 is 0. The van der Waals surface area contributed by atoms with E-state index in [1.54, 1.807) is 24.3 Å². The minimum absolute atomic E-state index is 0.0653. The summed E-state index contributed by atoms with van der Waals surface area (Å²) in [7, 11) is 0. The van der Waals surface area contributed by atoms with Crippen molar-refractivity contribution in [2.24, 2.45) is 11.7 Å². The zero-order valence-corrected chi connectivity index (χ0v) is 10.8. The van der Waals surface area contributed by atoms with Crippen molar-refractivity contribution in [2.75, 3.05) is 0 Å². The first-order valence-corrected chi connectivity index (χ1v) is 6.47. The Labute approximate surface area is 112 Å². The zero-order chi connectivity index (χ0) is 13.7. The fourth-order valence-electron chi connectivity index (χ4n) is 2.16. The molecule has 0 saturated carbocycles. The summed E-state index contributed by atoms with van der Waals surface area (Å²) in [5.41, 5.74) is 6.60. The lowest BCUT2D eigenvalue weighted by molar-refractivity contribution is -0.121. The molecule has 0 radical (unpaired) electrons. The molecule has 19 heavy (non-hydrogen) atoms.